The Morgan fingerprint density at radius 2 is 2.09 bits per heavy atom. The van der Waals surface area contributed by atoms with Gasteiger partial charge in [0.2, 0.25) is 5.91 Å². The molecule has 2 heterocycles. The standard InChI is InChI=1S/C17H20N2O3/c1-13-11-19(17(20)8-7-15-9-10-21-18-15)12-16(22-13)14-5-3-2-4-6-14/h2-6,9-10,13,16H,7-8,11-12H2,1H3. The van der Waals surface area contributed by atoms with E-state index in [4.69, 9.17) is 9.26 Å². The van der Waals surface area contributed by atoms with Gasteiger partial charge in [0.25, 0.3) is 0 Å². The molecule has 1 aliphatic heterocycles. The van der Waals surface area contributed by atoms with Crippen molar-refractivity contribution in [1.29, 1.82) is 0 Å². The van der Waals surface area contributed by atoms with Gasteiger partial charge in [-0.05, 0) is 12.5 Å². The highest BCUT2D eigenvalue weighted by molar-refractivity contribution is 5.76. The Hall–Kier alpha value is -2.14. The van der Waals surface area contributed by atoms with Crippen molar-refractivity contribution in [2.45, 2.75) is 32.0 Å². The minimum Gasteiger partial charge on any atom is -0.367 e. The topological polar surface area (TPSA) is 55.6 Å². The van der Waals surface area contributed by atoms with Crippen molar-refractivity contribution >= 4 is 5.91 Å². The number of amides is 1. The summed E-state index contributed by atoms with van der Waals surface area (Å²) in [5, 5.41) is 3.84. The average Bonchev–Trinajstić information content (AvgIpc) is 3.06. The summed E-state index contributed by atoms with van der Waals surface area (Å²) in [4.78, 5) is 14.3. The number of nitrogens with zero attached hydrogens (tertiary/aromatic N) is 2. The van der Waals surface area contributed by atoms with Crippen LogP contribution in [-0.2, 0) is 16.0 Å². The quantitative estimate of drug-likeness (QED) is 0.871. The van der Waals surface area contributed by atoms with Gasteiger partial charge in [-0.15, -0.1) is 0 Å². The maximum atomic E-state index is 12.4. The lowest BCUT2D eigenvalue weighted by molar-refractivity contribution is -0.144. The molecule has 1 aromatic carbocycles. The van der Waals surface area contributed by atoms with Crippen molar-refractivity contribution < 1.29 is 14.1 Å². The molecule has 1 fully saturated rings. The van der Waals surface area contributed by atoms with Crippen LogP contribution < -0.4 is 0 Å². The summed E-state index contributed by atoms with van der Waals surface area (Å²) in [5.41, 5.74) is 1.93. The summed E-state index contributed by atoms with van der Waals surface area (Å²) in [7, 11) is 0. The molecule has 0 bridgehead atoms. The molecule has 0 aliphatic carbocycles. The molecule has 1 amide bonds. The van der Waals surface area contributed by atoms with Crippen LogP contribution in [0.3, 0.4) is 0 Å². The second-order valence-corrected chi connectivity index (χ2v) is 5.64. The monoisotopic (exact) mass is 300 g/mol. The SMILES string of the molecule is CC1CN(C(=O)CCc2ccon2)CC(c2ccccc2)O1. The maximum absolute atomic E-state index is 12.4. The first kappa shape index (κ1) is 14.8. The van der Waals surface area contributed by atoms with E-state index in [-0.39, 0.29) is 18.1 Å². The lowest BCUT2D eigenvalue weighted by Crippen LogP contribution is -2.46. The Labute approximate surface area is 129 Å². The molecule has 2 unspecified atom stereocenters. The average molecular weight is 300 g/mol. The summed E-state index contributed by atoms with van der Waals surface area (Å²) in [6.07, 6.45) is 2.57. The molecule has 0 spiro atoms. The first-order valence-electron chi connectivity index (χ1n) is 7.60. The van der Waals surface area contributed by atoms with Gasteiger partial charge in [0, 0.05) is 25.5 Å². The normalized spacial score (nSPS) is 21.8. The zero-order chi connectivity index (χ0) is 15.4. The van der Waals surface area contributed by atoms with Crippen LogP contribution in [0.2, 0.25) is 0 Å². The Balaban J connectivity index is 1.61. The fourth-order valence-corrected chi connectivity index (χ4v) is 2.77. The van der Waals surface area contributed by atoms with Crippen molar-refractivity contribution in [3.05, 3.63) is 53.9 Å². The Kier molecular flexibility index (Phi) is 4.53. The first-order chi connectivity index (χ1) is 10.7. The summed E-state index contributed by atoms with van der Waals surface area (Å²) in [6, 6.07) is 11.9. The van der Waals surface area contributed by atoms with E-state index >= 15 is 0 Å². The predicted molar refractivity (Wildman–Crippen MR) is 81.1 cm³/mol. The number of carbonyl (C=O) groups is 1. The number of ether oxygens (including phenoxy) is 1. The van der Waals surface area contributed by atoms with Crippen molar-refractivity contribution in [2.24, 2.45) is 0 Å². The van der Waals surface area contributed by atoms with Gasteiger partial charge in [0.05, 0.1) is 18.3 Å². The predicted octanol–water partition coefficient (Wildman–Crippen LogP) is 2.60. The van der Waals surface area contributed by atoms with E-state index in [1.165, 1.54) is 6.26 Å². The van der Waals surface area contributed by atoms with Gasteiger partial charge < -0.3 is 14.2 Å². The van der Waals surface area contributed by atoms with Gasteiger partial charge in [-0.1, -0.05) is 35.5 Å². The molecular formula is C17H20N2O3. The molecular weight excluding hydrogens is 280 g/mol. The zero-order valence-electron chi connectivity index (χ0n) is 12.6. The van der Waals surface area contributed by atoms with Crippen molar-refractivity contribution in [1.82, 2.24) is 10.1 Å². The van der Waals surface area contributed by atoms with Crippen LogP contribution in [0, 0.1) is 0 Å². The van der Waals surface area contributed by atoms with E-state index < -0.39 is 0 Å². The minimum atomic E-state index is -0.0547. The number of carbonyl (C=O) groups excluding carboxylic acids is 1. The largest absolute Gasteiger partial charge is 0.367 e. The van der Waals surface area contributed by atoms with E-state index in [0.717, 1.165) is 11.3 Å². The second kappa shape index (κ2) is 6.75. The molecule has 116 valence electrons. The molecule has 5 nitrogen and oxygen atoms in total. The van der Waals surface area contributed by atoms with Crippen LogP contribution in [0.15, 0.2) is 47.2 Å². The smallest absolute Gasteiger partial charge is 0.223 e. The molecule has 1 saturated heterocycles. The van der Waals surface area contributed by atoms with Gasteiger partial charge in [-0.3, -0.25) is 4.79 Å². The number of hydrogen-bond donors (Lipinski definition) is 0. The van der Waals surface area contributed by atoms with E-state index in [0.29, 0.717) is 25.9 Å². The van der Waals surface area contributed by atoms with Crippen LogP contribution in [-0.4, -0.2) is 35.2 Å². The Bertz CT molecular complexity index is 598. The number of aryl methyl sites for hydroxylation is 1. The Morgan fingerprint density at radius 1 is 1.27 bits per heavy atom. The molecule has 0 saturated carbocycles. The number of hydrogen-bond acceptors (Lipinski definition) is 4. The highest BCUT2D eigenvalue weighted by atomic mass is 16.5. The van der Waals surface area contributed by atoms with Crippen LogP contribution in [0.25, 0.3) is 0 Å². The molecule has 0 radical (unpaired) electrons. The second-order valence-electron chi connectivity index (χ2n) is 5.64. The van der Waals surface area contributed by atoms with Crippen molar-refractivity contribution in [3.63, 3.8) is 0 Å². The zero-order valence-corrected chi connectivity index (χ0v) is 12.6. The lowest BCUT2D eigenvalue weighted by atomic mass is 10.1. The van der Waals surface area contributed by atoms with E-state index in [1.807, 2.05) is 42.2 Å². The lowest BCUT2D eigenvalue weighted by Gasteiger charge is -2.37. The summed E-state index contributed by atoms with van der Waals surface area (Å²) >= 11 is 0. The molecule has 5 heteroatoms. The molecule has 22 heavy (non-hydrogen) atoms. The molecule has 1 aromatic heterocycles. The maximum Gasteiger partial charge on any atom is 0.223 e. The fourth-order valence-electron chi connectivity index (χ4n) is 2.77. The van der Waals surface area contributed by atoms with Crippen molar-refractivity contribution in [3.8, 4) is 0 Å². The van der Waals surface area contributed by atoms with Crippen LogP contribution in [0.1, 0.15) is 30.7 Å². The highest BCUT2D eigenvalue weighted by Gasteiger charge is 2.29. The fraction of sp³-hybridized carbons (Fsp3) is 0.412. The van der Waals surface area contributed by atoms with Gasteiger partial charge in [-0.2, -0.15) is 0 Å². The van der Waals surface area contributed by atoms with Crippen molar-refractivity contribution in [2.75, 3.05) is 13.1 Å². The first-order valence-corrected chi connectivity index (χ1v) is 7.60. The number of aromatic nitrogens is 1. The van der Waals surface area contributed by atoms with Gasteiger partial charge in [-0.25, -0.2) is 0 Å². The highest BCUT2D eigenvalue weighted by Crippen LogP contribution is 2.25. The minimum absolute atomic E-state index is 0.0370. The molecule has 2 atom stereocenters. The van der Waals surface area contributed by atoms with E-state index in [9.17, 15) is 4.79 Å². The molecule has 0 N–H and O–H groups in total. The molecule has 1 aliphatic rings. The summed E-state index contributed by atoms with van der Waals surface area (Å²) < 4.78 is 10.8. The third kappa shape index (κ3) is 3.54. The van der Waals surface area contributed by atoms with Crippen LogP contribution >= 0.6 is 0 Å². The molecule has 3 rings (SSSR count). The number of morpholine rings is 1. The molecule has 2 aromatic rings. The Morgan fingerprint density at radius 3 is 2.82 bits per heavy atom. The van der Waals surface area contributed by atoms with Crippen LogP contribution in [0.5, 0.6) is 0 Å². The third-order valence-electron chi connectivity index (χ3n) is 3.87. The number of benzene rings is 1. The van der Waals surface area contributed by atoms with Gasteiger partial charge >= 0.3 is 0 Å². The number of rotatable bonds is 4. The summed E-state index contributed by atoms with van der Waals surface area (Å²) in [6.45, 7) is 3.25. The van der Waals surface area contributed by atoms with Gasteiger partial charge in [0.15, 0.2) is 0 Å². The third-order valence-corrected chi connectivity index (χ3v) is 3.87. The van der Waals surface area contributed by atoms with Gasteiger partial charge in [0.1, 0.15) is 12.4 Å². The van der Waals surface area contributed by atoms with E-state index in [2.05, 4.69) is 5.16 Å². The van der Waals surface area contributed by atoms with E-state index in [1.54, 1.807) is 6.07 Å². The van der Waals surface area contributed by atoms with Crippen LogP contribution in [0.4, 0.5) is 0 Å². The summed E-state index contributed by atoms with van der Waals surface area (Å²) in [5.74, 6) is 0.138.